The predicted molar refractivity (Wildman–Crippen MR) is 82.4 cm³/mol. The van der Waals surface area contributed by atoms with E-state index in [1.54, 1.807) is 12.0 Å². The highest BCUT2D eigenvalue weighted by molar-refractivity contribution is 9.10. The molecule has 1 fully saturated rings. The first-order valence-electron chi connectivity index (χ1n) is 6.77. The normalized spacial score (nSPS) is 25.9. The quantitative estimate of drug-likeness (QED) is 0.635. The third-order valence-corrected chi connectivity index (χ3v) is 4.16. The van der Waals surface area contributed by atoms with Crippen LogP contribution in [0.1, 0.15) is 13.0 Å². The highest BCUT2D eigenvalue weighted by atomic mass is 79.9. The molecule has 102 valence electrons. The average Bonchev–Trinajstić information content (AvgIpc) is 2.52. The number of rotatable bonds is 3. The number of amides is 1. The third-order valence-electron chi connectivity index (χ3n) is 3.39. The van der Waals surface area contributed by atoms with Crippen molar-refractivity contribution in [2.45, 2.75) is 10.8 Å². The Hall–Kier alpha value is -1.81. The fourth-order valence-electron chi connectivity index (χ4n) is 2.34. The van der Waals surface area contributed by atoms with Crippen LogP contribution in [0.2, 0.25) is 0 Å². The van der Waals surface area contributed by atoms with Gasteiger partial charge in [0.15, 0.2) is 0 Å². The van der Waals surface area contributed by atoms with Gasteiger partial charge in [0.2, 0.25) is 5.91 Å². The molecule has 0 unspecified atom stereocenters. The van der Waals surface area contributed by atoms with Crippen LogP contribution in [-0.4, -0.2) is 17.8 Å². The Kier molecular flexibility index (Phi) is 3.17. The van der Waals surface area contributed by atoms with Gasteiger partial charge in [0, 0.05) is 5.69 Å². The van der Waals surface area contributed by atoms with Crippen LogP contribution < -0.4 is 9.64 Å². The van der Waals surface area contributed by atoms with Gasteiger partial charge in [-0.05, 0) is 29.8 Å². The number of carbonyl (C=O) groups is 1. The van der Waals surface area contributed by atoms with E-state index >= 15 is 0 Å². The van der Waals surface area contributed by atoms with Crippen LogP contribution in [0.4, 0.5) is 5.69 Å². The van der Waals surface area contributed by atoms with E-state index in [0.29, 0.717) is 0 Å². The maximum Gasteiger partial charge on any atom is 0.243 e. The summed E-state index contributed by atoms with van der Waals surface area (Å²) in [6.07, 6.45) is 0. The summed E-state index contributed by atoms with van der Waals surface area (Å²) in [6.45, 7) is 0. The summed E-state index contributed by atoms with van der Waals surface area (Å²) in [5.74, 6) is 0.473. The first-order chi connectivity index (χ1) is 10.1. The van der Waals surface area contributed by atoms with Crippen molar-refractivity contribution in [3.05, 3.63) is 60.2 Å². The van der Waals surface area contributed by atoms with E-state index in [4.69, 9.17) is 6.11 Å². The van der Waals surface area contributed by atoms with Crippen molar-refractivity contribution in [1.82, 2.24) is 0 Å². The fourth-order valence-corrected chi connectivity index (χ4v) is 3.00. The lowest BCUT2D eigenvalue weighted by atomic mass is 9.93. The second kappa shape index (κ2) is 5.29. The summed E-state index contributed by atoms with van der Waals surface area (Å²) in [7, 11) is 1.60. The molecule has 1 amide bonds. The SMILES string of the molecule is [2H][C@]1(Br)C(=O)N(c2ccc(OC)cc2)[C@@H]1c1ccccc1. The zero-order chi connectivity index (χ0) is 15.0. The number of methoxy groups -OCH3 is 1. The van der Waals surface area contributed by atoms with Crippen LogP contribution in [0.25, 0.3) is 0 Å². The molecule has 0 N–H and O–H groups in total. The van der Waals surface area contributed by atoms with Crippen LogP contribution >= 0.6 is 15.9 Å². The standard InChI is InChI=1S/C16H14BrNO2/c1-20-13-9-7-12(8-10-13)18-15(14(17)16(18)19)11-5-3-2-4-6-11/h2-10,14-15H,1H3/t14-,15-/m1/s1/i14D. The van der Waals surface area contributed by atoms with Crippen molar-refractivity contribution in [2.24, 2.45) is 0 Å². The molecule has 4 heteroatoms. The number of alkyl halides is 1. The van der Waals surface area contributed by atoms with Crippen LogP contribution in [0.5, 0.6) is 5.75 Å². The molecule has 3 nitrogen and oxygen atoms in total. The van der Waals surface area contributed by atoms with Gasteiger partial charge in [-0.15, -0.1) is 0 Å². The second-order valence-corrected chi connectivity index (χ2v) is 5.39. The average molecular weight is 333 g/mol. The molecule has 0 aromatic heterocycles. The lowest BCUT2D eigenvalue weighted by molar-refractivity contribution is -0.123. The van der Waals surface area contributed by atoms with Crippen LogP contribution in [-0.2, 0) is 4.79 Å². The van der Waals surface area contributed by atoms with Gasteiger partial charge in [-0.1, -0.05) is 46.3 Å². The fraction of sp³-hybridized carbons (Fsp3) is 0.188. The molecule has 1 aliphatic heterocycles. The van der Waals surface area contributed by atoms with Crippen LogP contribution in [0, 0.1) is 0 Å². The summed E-state index contributed by atoms with van der Waals surface area (Å²) in [5.41, 5.74) is 1.69. The largest absolute Gasteiger partial charge is 0.497 e. The Bertz CT molecular complexity index is 658. The molecule has 1 heterocycles. The maximum absolute atomic E-state index is 12.3. The monoisotopic (exact) mass is 332 g/mol. The highest BCUT2D eigenvalue weighted by Crippen LogP contribution is 2.43. The molecular formula is C16H14BrNO2. The van der Waals surface area contributed by atoms with E-state index in [-0.39, 0.29) is 11.9 Å². The number of β-lactam (4-membered cyclic amide) rings is 1. The molecule has 1 aliphatic rings. The number of halogens is 1. The Labute approximate surface area is 127 Å². The van der Waals surface area contributed by atoms with Crippen molar-refractivity contribution < 1.29 is 10.9 Å². The molecule has 0 spiro atoms. The minimum Gasteiger partial charge on any atom is -0.497 e. The number of carbonyl (C=O) groups excluding carboxylic acids is 1. The predicted octanol–water partition coefficient (Wildman–Crippen LogP) is 3.55. The lowest BCUT2D eigenvalue weighted by Gasteiger charge is -2.45. The Morgan fingerprint density at radius 2 is 1.80 bits per heavy atom. The van der Waals surface area contributed by atoms with Gasteiger partial charge in [0.05, 0.1) is 14.5 Å². The van der Waals surface area contributed by atoms with Crippen molar-refractivity contribution in [1.29, 1.82) is 0 Å². The van der Waals surface area contributed by atoms with E-state index in [9.17, 15) is 4.79 Å². The number of benzene rings is 2. The summed E-state index contributed by atoms with van der Waals surface area (Å²) >= 11 is 3.25. The molecule has 0 saturated carbocycles. The van der Waals surface area contributed by atoms with Gasteiger partial charge in [0.25, 0.3) is 0 Å². The van der Waals surface area contributed by atoms with Gasteiger partial charge in [-0.2, -0.15) is 0 Å². The van der Waals surface area contributed by atoms with E-state index in [2.05, 4.69) is 15.9 Å². The highest BCUT2D eigenvalue weighted by Gasteiger charge is 2.47. The molecule has 0 radical (unpaired) electrons. The van der Waals surface area contributed by atoms with E-state index in [1.165, 1.54) is 0 Å². The summed E-state index contributed by atoms with van der Waals surface area (Å²) in [4.78, 5) is 12.6. The van der Waals surface area contributed by atoms with Gasteiger partial charge in [-0.25, -0.2) is 0 Å². The number of anilines is 1. The zero-order valence-corrected chi connectivity index (χ0v) is 12.5. The van der Waals surface area contributed by atoms with E-state index in [0.717, 1.165) is 17.0 Å². The first kappa shape index (κ1) is 12.0. The second-order valence-electron chi connectivity index (χ2n) is 4.53. The van der Waals surface area contributed by atoms with Crippen molar-refractivity contribution >= 4 is 27.5 Å². The summed E-state index contributed by atoms with van der Waals surface area (Å²) < 4.78 is 13.4. The number of hydrogen-bond donors (Lipinski definition) is 0. The molecule has 1 saturated heterocycles. The molecule has 20 heavy (non-hydrogen) atoms. The van der Waals surface area contributed by atoms with Crippen molar-refractivity contribution in [2.75, 3.05) is 12.0 Å². The Balaban J connectivity index is 1.98. The summed E-state index contributed by atoms with van der Waals surface area (Å²) in [6, 6.07) is 16.5. The molecular weight excluding hydrogens is 318 g/mol. The van der Waals surface area contributed by atoms with E-state index < -0.39 is 4.80 Å². The molecule has 2 aromatic carbocycles. The summed E-state index contributed by atoms with van der Waals surface area (Å²) in [5, 5.41) is 0. The van der Waals surface area contributed by atoms with Gasteiger partial charge in [0.1, 0.15) is 10.6 Å². The minimum atomic E-state index is -1.31. The smallest absolute Gasteiger partial charge is 0.243 e. The van der Waals surface area contributed by atoms with E-state index in [1.807, 2.05) is 54.6 Å². The van der Waals surface area contributed by atoms with Crippen molar-refractivity contribution in [3.63, 3.8) is 0 Å². The first-order valence-corrected chi connectivity index (χ1v) is 7.06. The minimum absolute atomic E-state index is 0.262. The molecule has 2 aromatic rings. The van der Waals surface area contributed by atoms with Gasteiger partial charge < -0.3 is 9.64 Å². The van der Waals surface area contributed by atoms with Crippen LogP contribution in [0.15, 0.2) is 54.6 Å². The van der Waals surface area contributed by atoms with Gasteiger partial charge >= 0.3 is 0 Å². The molecule has 2 atom stereocenters. The number of hydrogen-bond acceptors (Lipinski definition) is 2. The topological polar surface area (TPSA) is 29.5 Å². The lowest BCUT2D eigenvalue weighted by Crippen LogP contribution is -2.56. The maximum atomic E-state index is 12.3. The molecule has 0 aliphatic carbocycles. The van der Waals surface area contributed by atoms with Crippen LogP contribution in [0.3, 0.4) is 0 Å². The van der Waals surface area contributed by atoms with Gasteiger partial charge in [-0.3, -0.25) is 4.79 Å². The molecule has 3 rings (SSSR count). The van der Waals surface area contributed by atoms with Crippen molar-refractivity contribution in [3.8, 4) is 5.75 Å². The Morgan fingerprint density at radius 1 is 1.15 bits per heavy atom. The number of nitrogens with zero attached hydrogens (tertiary/aromatic N) is 1. The zero-order valence-electron chi connectivity index (χ0n) is 11.9. The Morgan fingerprint density at radius 3 is 2.40 bits per heavy atom. The molecule has 0 bridgehead atoms. The number of ether oxygens (including phenoxy) is 1. The third kappa shape index (κ3) is 2.10.